The highest BCUT2D eigenvalue weighted by molar-refractivity contribution is 6.87. The van der Waals surface area contributed by atoms with Crippen LogP contribution in [0, 0.1) is 0 Å². The third kappa shape index (κ3) is 24.6. The lowest BCUT2D eigenvalue weighted by atomic mass is 9.92. The lowest BCUT2D eigenvalue weighted by Crippen LogP contribution is -2.52. The van der Waals surface area contributed by atoms with E-state index in [2.05, 4.69) is 26.2 Å². The maximum Gasteiger partial charge on any atom is 0.339 e. The summed E-state index contributed by atoms with van der Waals surface area (Å²) in [7, 11) is -8.00. The average molecular weight is 1230 g/mol. The van der Waals surface area contributed by atoms with E-state index in [1.54, 1.807) is 24.3 Å². The summed E-state index contributed by atoms with van der Waals surface area (Å²) in [4.78, 5) is 83.9. The number of carbonyl (C=O) groups excluding carboxylic acids is 6. The first-order chi connectivity index (χ1) is 41.2. The fourth-order valence-electron chi connectivity index (χ4n) is 9.72. The maximum absolute atomic E-state index is 14.4. The quantitative estimate of drug-likeness (QED) is 0.0154. The van der Waals surface area contributed by atoms with Crippen molar-refractivity contribution in [2.24, 2.45) is 0 Å². The van der Waals surface area contributed by atoms with Crippen molar-refractivity contribution in [3.05, 3.63) is 215 Å². The monoisotopic (exact) mass is 1230 g/mol. The summed E-state index contributed by atoms with van der Waals surface area (Å²) in [5, 5.41) is 0. The van der Waals surface area contributed by atoms with E-state index in [1.807, 2.05) is 171 Å². The topological polar surface area (TPSA) is 195 Å². The second kappa shape index (κ2) is 34.2. The van der Waals surface area contributed by atoms with Gasteiger partial charge in [-0.05, 0) is 97.6 Å². The molecule has 0 saturated carbocycles. The lowest BCUT2D eigenvalue weighted by Gasteiger charge is -2.39. The van der Waals surface area contributed by atoms with E-state index in [9.17, 15) is 28.8 Å². The van der Waals surface area contributed by atoms with E-state index < -0.39 is 97.7 Å². The minimum Gasteiger partial charge on any atom is -0.461 e. The highest BCUT2D eigenvalue weighted by Gasteiger charge is 2.48. The van der Waals surface area contributed by atoms with Gasteiger partial charge in [-0.1, -0.05) is 182 Å². The Hall–Kier alpha value is -7.21. The molecule has 0 aliphatic rings. The molecule has 458 valence electrons. The van der Waals surface area contributed by atoms with Gasteiger partial charge in [0.15, 0.2) is 33.6 Å². The summed E-state index contributed by atoms with van der Waals surface area (Å²) in [6.07, 6.45) is -1.53. The molecule has 19 heteroatoms. The van der Waals surface area contributed by atoms with Gasteiger partial charge < -0.3 is 46.1 Å². The maximum atomic E-state index is 14.4. The van der Waals surface area contributed by atoms with Crippen LogP contribution in [-0.4, -0.2) is 91.8 Å². The van der Waals surface area contributed by atoms with E-state index in [0.29, 0.717) is 36.1 Å². The highest BCUT2D eigenvalue weighted by atomic mass is 28.5. The van der Waals surface area contributed by atoms with Gasteiger partial charge in [0.25, 0.3) is 0 Å². The summed E-state index contributed by atoms with van der Waals surface area (Å²) >= 11 is 0. The van der Waals surface area contributed by atoms with Crippen molar-refractivity contribution in [2.45, 2.75) is 141 Å². The summed E-state index contributed by atoms with van der Waals surface area (Å²) in [6, 6.07) is 56.0. The molecule has 0 aliphatic heterocycles. The summed E-state index contributed by atoms with van der Waals surface area (Å²) < 4.78 is 61.3. The molecule has 0 spiro atoms. The molecule has 86 heavy (non-hydrogen) atoms. The van der Waals surface area contributed by atoms with Crippen molar-refractivity contribution < 1.29 is 74.9 Å². The van der Waals surface area contributed by atoms with Crippen molar-refractivity contribution >= 4 is 60.8 Å². The van der Waals surface area contributed by atoms with Crippen LogP contribution >= 0.6 is 0 Å². The van der Waals surface area contributed by atoms with E-state index in [1.165, 1.54) is 0 Å². The predicted octanol–water partition coefficient (Wildman–Crippen LogP) is 12.5. The third-order valence-corrected chi connectivity index (χ3v) is 25.2. The molecule has 1 atom stereocenters. The molecular weight excluding hydrogens is 1140 g/mol. The van der Waals surface area contributed by atoms with Crippen molar-refractivity contribution in [1.82, 2.24) is 0 Å². The van der Waals surface area contributed by atoms with Crippen molar-refractivity contribution in [3.8, 4) is 0 Å². The minimum atomic E-state index is -2.87. The van der Waals surface area contributed by atoms with Crippen molar-refractivity contribution in [2.75, 3.05) is 19.8 Å². The Kier molecular flexibility index (Phi) is 27.0. The molecule has 0 N–H and O–H groups in total. The molecule has 1 unspecified atom stereocenters. The average Bonchev–Trinajstić information content (AvgIpc) is 3.69. The molecule has 0 fully saturated rings. The van der Waals surface area contributed by atoms with Crippen LogP contribution in [0.25, 0.3) is 0 Å². The summed E-state index contributed by atoms with van der Waals surface area (Å²) in [6.45, 7) is 11.6. The fourth-order valence-corrected chi connectivity index (χ4v) is 23.7. The zero-order valence-electron chi connectivity index (χ0n) is 50.4. The molecule has 0 aromatic heterocycles. The highest BCUT2D eigenvalue weighted by Crippen LogP contribution is 2.32. The first kappa shape index (κ1) is 67.9. The lowest BCUT2D eigenvalue weighted by molar-refractivity contribution is -0.187. The molecule has 0 saturated heterocycles. The number of hydrogen-bond donors (Lipinski definition) is 0. The number of ether oxygens (including phenoxy) is 8. The zero-order chi connectivity index (χ0) is 61.7. The molecule has 6 aromatic rings. The van der Waals surface area contributed by atoms with E-state index in [4.69, 9.17) is 46.1 Å². The SMILES string of the molecule is C[Si](C)(CCCOC(CC(=O)COCc1ccccc1)(CC(=O)OCc1ccccc1)C(=O)OCc1ccccc1)O[Si](C)(C)O[Si](C)(C)CCCOC(CC(=O)OCc1ccccc1)(CC(=O)OCc1ccccc1)C(=O)OCc1ccccc1. The van der Waals surface area contributed by atoms with Crippen LogP contribution in [-0.2, 0) is 115 Å². The Bertz CT molecular complexity index is 2970. The molecule has 0 amide bonds. The van der Waals surface area contributed by atoms with Gasteiger partial charge in [0, 0.05) is 19.6 Å². The molecule has 6 aromatic carbocycles. The van der Waals surface area contributed by atoms with Gasteiger partial charge >= 0.3 is 38.4 Å². The Labute approximate surface area is 509 Å². The van der Waals surface area contributed by atoms with Crippen LogP contribution in [0.15, 0.2) is 182 Å². The molecule has 0 heterocycles. The normalized spacial score (nSPS) is 12.5. The Morgan fingerprint density at radius 1 is 0.349 bits per heavy atom. The first-order valence-corrected chi connectivity index (χ1v) is 38.1. The molecule has 0 radical (unpaired) electrons. The van der Waals surface area contributed by atoms with Crippen LogP contribution in [0.4, 0.5) is 0 Å². The van der Waals surface area contributed by atoms with Gasteiger partial charge in [0.2, 0.25) is 0 Å². The van der Waals surface area contributed by atoms with Crippen LogP contribution in [0.1, 0.15) is 71.9 Å². The second-order valence-electron chi connectivity index (χ2n) is 22.8. The fraction of sp³-hybridized carbons (Fsp3) is 0.373. The largest absolute Gasteiger partial charge is 0.461 e. The third-order valence-electron chi connectivity index (χ3n) is 13.7. The number of benzene rings is 6. The first-order valence-electron chi connectivity index (χ1n) is 29.0. The predicted molar refractivity (Wildman–Crippen MR) is 332 cm³/mol. The Morgan fingerprint density at radius 3 is 0.919 bits per heavy atom. The van der Waals surface area contributed by atoms with Crippen LogP contribution in [0.3, 0.4) is 0 Å². The smallest absolute Gasteiger partial charge is 0.339 e. The van der Waals surface area contributed by atoms with Gasteiger partial charge in [-0.15, -0.1) is 0 Å². The van der Waals surface area contributed by atoms with Gasteiger partial charge in [0.1, 0.15) is 39.6 Å². The van der Waals surface area contributed by atoms with Gasteiger partial charge in [-0.3, -0.25) is 19.2 Å². The van der Waals surface area contributed by atoms with E-state index in [0.717, 1.165) is 22.3 Å². The molecule has 6 rings (SSSR count). The van der Waals surface area contributed by atoms with Crippen LogP contribution < -0.4 is 0 Å². The van der Waals surface area contributed by atoms with Crippen molar-refractivity contribution in [3.63, 3.8) is 0 Å². The Morgan fingerprint density at radius 2 is 0.616 bits per heavy atom. The standard InChI is InChI=1S/C67H82O16Si3/c1-84(2,41-25-39-80-66(64(72)78-51-58-35-21-11-22-36-58,44-61(69)75-48-55-29-15-8-16-30-55)43-60(68)53-74-47-54-27-13-7-14-28-54)82-86(5,6)83-85(3,4)42-26-40-81-67(65(73)79-52-59-37-23-12-24-38-59,45-62(70)76-49-56-31-17-9-18-32-56)46-63(71)77-50-57-33-19-10-20-34-57/h7-24,27-38H,25-26,39-53H2,1-6H3. The van der Waals surface area contributed by atoms with Gasteiger partial charge in [-0.2, -0.15) is 0 Å². The van der Waals surface area contributed by atoms with E-state index in [-0.39, 0.29) is 59.5 Å². The number of ketones is 1. The molecule has 0 bridgehead atoms. The molecular formula is C67H82O16Si3. The molecule has 0 aliphatic carbocycles. The number of hydrogen-bond acceptors (Lipinski definition) is 16. The molecule has 16 nitrogen and oxygen atoms in total. The van der Waals surface area contributed by atoms with Crippen LogP contribution in [0.2, 0.25) is 51.4 Å². The summed E-state index contributed by atoms with van der Waals surface area (Å²) in [5.74, 6) is -4.53. The van der Waals surface area contributed by atoms with Crippen molar-refractivity contribution in [1.29, 1.82) is 0 Å². The summed E-state index contributed by atoms with van der Waals surface area (Å²) in [5.41, 5.74) is 0.347. The number of carbonyl (C=O) groups is 6. The minimum absolute atomic E-state index is 0.0236. The van der Waals surface area contributed by atoms with Crippen LogP contribution in [0.5, 0.6) is 0 Å². The number of Topliss-reactive ketones (excluding diaryl/α,β-unsaturated/α-hetero) is 1. The second-order valence-corrected chi connectivity index (χ2v) is 35.3. The Balaban J connectivity index is 1.11. The van der Waals surface area contributed by atoms with E-state index >= 15 is 0 Å². The number of esters is 5. The van der Waals surface area contributed by atoms with Gasteiger partial charge in [-0.25, -0.2) is 9.59 Å². The van der Waals surface area contributed by atoms with Gasteiger partial charge in [0.05, 0.1) is 25.9 Å². The number of rotatable bonds is 38. The zero-order valence-corrected chi connectivity index (χ0v) is 53.4.